The zero-order valence-corrected chi connectivity index (χ0v) is 11.0. The maximum absolute atomic E-state index is 13.7. The molecule has 0 bridgehead atoms. The van der Waals surface area contributed by atoms with Crippen molar-refractivity contribution in [2.45, 2.75) is 22.8 Å². The molecule has 0 aliphatic rings. The third kappa shape index (κ3) is 3.11. The number of hydrogen-bond acceptors (Lipinski definition) is 2. The van der Waals surface area contributed by atoms with Crippen LogP contribution in [0.4, 0.5) is 13.2 Å². The Bertz CT molecular complexity index is 599. The van der Waals surface area contributed by atoms with Gasteiger partial charge in [0.15, 0.2) is 11.6 Å². The Kier molecular flexibility index (Phi) is 4.17. The maximum Gasteiger partial charge on any atom is 0.159 e. The van der Waals surface area contributed by atoms with Crippen molar-refractivity contribution in [2.24, 2.45) is 5.73 Å². The first-order chi connectivity index (χ1) is 8.99. The van der Waals surface area contributed by atoms with Crippen LogP contribution in [0.3, 0.4) is 0 Å². The van der Waals surface area contributed by atoms with Crippen LogP contribution in [0.5, 0.6) is 0 Å². The lowest BCUT2D eigenvalue weighted by Crippen LogP contribution is -2.08. The first-order valence-corrected chi connectivity index (χ1v) is 6.47. The van der Waals surface area contributed by atoms with Gasteiger partial charge in [-0.05, 0) is 37.3 Å². The molecule has 2 rings (SSSR count). The van der Waals surface area contributed by atoms with Gasteiger partial charge in [0, 0.05) is 21.4 Å². The second kappa shape index (κ2) is 5.67. The minimum Gasteiger partial charge on any atom is -0.324 e. The molecule has 0 saturated carbocycles. The smallest absolute Gasteiger partial charge is 0.159 e. The van der Waals surface area contributed by atoms with Crippen LogP contribution in [0, 0.1) is 17.5 Å². The van der Waals surface area contributed by atoms with E-state index in [1.165, 1.54) is 12.1 Å². The Labute approximate surface area is 113 Å². The molecule has 100 valence electrons. The average molecular weight is 283 g/mol. The number of benzene rings is 2. The van der Waals surface area contributed by atoms with E-state index in [0.29, 0.717) is 15.4 Å². The molecule has 0 heterocycles. The number of nitrogens with two attached hydrogens (primary N) is 1. The van der Waals surface area contributed by atoms with Crippen molar-refractivity contribution >= 4 is 11.8 Å². The predicted molar refractivity (Wildman–Crippen MR) is 69.5 cm³/mol. The first kappa shape index (κ1) is 14.0. The van der Waals surface area contributed by atoms with E-state index in [-0.39, 0.29) is 0 Å². The van der Waals surface area contributed by atoms with E-state index >= 15 is 0 Å². The van der Waals surface area contributed by atoms with Gasteiger partial charge in [-0.2, -0.15) is 0 Å². The second-order valence-electron chi connectivity index (χ2n) is 4.12. The fourth-order valence-corrected chi connectivity index (χ4v) is 2.81. The van der Waals surface area contributed by atoms with Crippen LogP contribution < -0.4 is 5.73 Å². The maximum atomic E-state index is 13.7. The van der Waals surface area contributed by atoms with Gasteiger partial charge in [-0.1, -0.05) is 17.8 Å². The van der Waals surface area contributed by atoms with Gasteiger partial charge < -0.3 is 5.73 Å². The minimum absolute atomic E-state index is 0.372. The van der Waals surface area contributed by atoms with Crippen molar-refractivity contribution in [1.82, 2.24) is 0 Å². The lowest BCUT2D eigenvalue weighted by Gasteiger charge is -2.13. The zero-order valence-electron chi connectivity index (χ0n) is 10.2. The summed E-state index contributed by atoms with van der Waals surface area (Å²) in [7, 11) is 0. The topological polar surface area (TPSA) is 26.0 Å². The summed E-state index contributed by atoms with van der Waals surface area (Å²) in [4.78, 5) is 1.09. The molecule has 0 fully saturated rings. The van der Waals surface area contributed by atoms with Crippen molar-refractivity contribution < 1.29 is 13.2 Å². The molecule has 0 aliphatic heterocycles. The molecule has 0 aromatic heterocycles. The van der Waals surface area contributed by atoms with Crippen molar-refractivity contribution in [3.05, 3.63) is 59.4 Å². The fourth-order valence-electron chi connectivity index (χ4n) is 1.72. The van der Waals surface area contributed by atoms with E-state index in [1.54, 1.807) is 19.1 Å². The highest BCUT2D eigenvalue weighted by atomic mass is 32.2. The summed E-state index contributed by atoms with van der Waals surface area (Å²) in [6.07, 6.45) is 0. The Morgan fingerprint density at radius 3 is 2.37 bits per heavy atom. The molecule has 0 spiro atoms. The molecule has 0 amide bonds. The summed E-state index contributed by atoms with van der Waals surface area (Å²) in [6.45, 7) is 1.67. The van der Waals surface area contributed by atoms with Crippen LogP contribution in [0.2, 0.25) is 0 Å². The SMILES string of the molecule is C[C@H](N)c1c(F)cccc1Sc1ccc(F)c(F)c1. The minimum atomic E-state index is -0.927. The molecule has 19 heavy (non-hydrogen) atoms. The molecule has 2 aromatic rings. The molecule has 5 heteroatoms. The van der Waals surface area contributed by atoms with Gasteiger partial charge in [-0.15, -0.1) is 0 Å². The van der Waals surface area contributed by atoms with Crippen molar-refractivity contribution in [1.29, 1.82) is 0 Å². The van der Waals surface area contributed by atoms with Gasteiger partial charge in [0.25, 0.3) is 0 Å². The fraction of sp³-hybridized carbons (Fsp3) is 0.143. The van der Waals surface area contributed by atoms with Crippen molar-refractivity contribution in [3.8, 4) is 0 Å². The largest absolute Gasteiger partial charge is 0.324 e. The Hall–Kier alpha value is -1.46. The van der Waals surface area contributed by atoms with Gasteiger partial charge in [-0.3, -0.25) is 0 Å². The average Bonchev–Trinajstić information content (AvgIpc) is 2.33. The summed E-state index contributed by atoms with van der Waals surface area (Å²) in [5.74, 6) is -2.23. The van der Waals surface area contributed by atoms with Crippen molar-refractivity contribution in [2.75, 3.05) is 0 Å². The van der Waals surface area contributed by atoms with E-state index in [4.69, 9.17) is 5.73 Å². The quantitative estimate of drug-likeness (QED) is 0.910. The molecule has 0 unspecified atom stereocenters. The number of halogens is 3. The van der Waals surface area contributed by atoms with Crippen LogP contribution in [0.1, 0.15) is 18.5 Å². The van der Waals surface area contributed by atoms with E-state index in [2.05, 4.69) is 0 Å². The Morgan fingerprint density at radius 1 is 1.00 bits per heavy atom. The van der Waals surface area contributed by atoms with Gasteiger partial charge >= 0.3 is 0 Å². The Balaban J connectivity index is 2.38. The third-order valence-electron chi connectivity index (χ3n) is 2.59. The second-order valence-corrected chi connectivity index (χ2v) is 5.23. The molecule has 2 N–H and O–H groups in total. The van der Waals surface area contributed by atoms with Gasteiger partial charge in [0.1, 0.15) is 5.82 Å². The van der Waals surface area contributed by atoms with Gasteiger partial charge in [-0.25, -0.2) is 13.2 Å². The monoisotopic (exact) mass is 283 g/mol. The zero-order chi connectivity index (χ0) is 14.0. The summed E-state index contributed by atoms with van der Waals surface area (Å²) >= 11 is 1.15. The molecule has 1 atom stereocenters. The molecular weight excluding hydrogens is 271 g/mol. The normalized spacial score (nSPS) is 12.5. The summed E-state index contributed by atoms with van der Waals surface area (Å²) in [6, 6.07) is 7.68. The predicted octanol–water partition coefficient (Wildman–Crippen LogP) is 4.27. The van der Waals surface area contributed by atoms with Crippen molar-refractivity contribution in [3.63, 3.8) is 0 Å². The van der Waals surface area contributed by atoms with Crippen LogP contribution in [0.15, 0.2) is 46.2 Å². The molecule has 0 radical (unpaired) electrons. The molecule has 0 aliphatic carbocycles. The van der Waals surface area contributed by atoms with E-state index in [0.717, 1.165) is 23.9 Å². The number of hydrogen-bond donors (Lipinski definition) is 1. The third-order valence-corrected chi connectivity index (χ3v) is 3.65. The molecular formula is C14H12F3NS. The summed E-state index contributed by atoms with van der Waals surface area (Å²) in [5, 5.41) is 0. The lowest BCUT2D eigenvalue weighted by atomic mass is 10.1. The van der Waals surface area contributed by atoms with Crippen LogP contribution in [-0.2, 0) is 0 Å². The highest BCUT2D eigenvalue weighted by molar-refractivity contribution is 7.99. The first-order valence-electron chi connectivity index (χ1n) is 5.66. The van der Waals surface area contributed by atoms with E-state index in [9.17, 15) is 13.2 Å². The molecule has 1 nitrogen and oxygen atoms in total. The van der Waals surface area contributed by atoms with Gasteiger partial charge in [0.2, 0.25) is 0 Å². The summed E-state index contributed by atoms with van der Waals surface area (Å²) in [5.41, 5.74) is 6.11. The number of rotatable bonds is 3. The standard InChI is InChI=1S/C14H12F3NS/c1-8(18)14-11(16)3-2-4-13(14)19-9-5-6-10(15)12(17)7-9/h2-8H,18H2,1H3/t8-/m0/s1. The highest BCUT2D eigenvalue weighted by Gasteiger charge is 2.14. The lowest BCUT2D eigenvalue weighted by molar-refractivity contribution is 0.506. The summed E-state index contributed by atoms with van der Waals surface area (Å²) < 4.78 is 39.7. The van der Waals surface area contributed by atoms with Crippen LogP contribution in [-0.4, -0.2) is 0 Å². The van der Waals surface area contributed by atoms with Crippen LogP contribution in [0.25, 0.3) is 0 Å². The van der Waals surface area contributed by atoms with Crippen LogP contribution >= 0.6 is 11.8 Å². The van der Waals surface area contributed by atoms with E-state index < -0.39 is 23.5 Å². The van der Waals surface area contributed by atoms with E-state index in [1.807, 2.05) is 0 Å². The Morgan fingerprint density at radius 2 is 1.74 bits per heavy atom. The molecule has 0 saturated heterocycles. The highest BCUT2D eigenvalue weighted by Crippen LogP contribution is 2.34. The molecule has 2 aromatic carbocycles. The van der Waals surface area contributed by atoms with Gasteiger partial charge in [0.05, 0.1) is 0 Å².